The fourth-order valence-corrected chi connectivity index (χ4v) is 3.13. The molecule has 1 fully saturated rings. The third-order valence-electron chi connectivity index (χ3n) is 4.48. The summed E-state index contributed by atoms with van der Waals surface area (Å²) in [4.78, 5) is 45.7. The molecule has 2 aromatic carbocycles. The van der Waals surface area contributed by atoms with E-state index in [9.17, 15) is 29.8 Å². The molecule has 2 amide bonds. The van der Waals surface area contributed by atoms with E-state index in [0.717, 1.165) is 18.2 Å². The number of nitro benzene ring substituents is 2. The van der Waals surface area contributed by atoms with Crippen molar-refractivity contribution in [3.05, 3.63) is 68.3 Å². The van der Waals surface area contributed by atoms with Gasteiger partial charge in [0.15, 0.2) is 0 Å². The van der Waals surface area contributed by atoms with Gasteiger partial charge in [-0.1, -0.05) is 7.43 Å². The zero-order chi connectivity index (χ0) is 21.8. The number of ether oxygens (including phenoxy) is 1. The van der Waals surface area contributed by atoms with E-state index in [1.165, 1.54) is 11.8 Å². The van der Waals surface area contributed by atoms with Crippen LogP contribution in [0.4, 0.5) is 17.1 Å². The Hall–Kier alpha value is -4.02. The maximum Gasteiger partial charge on any atom is 0.277 e. The molecule has 31 heavy (non-hydrogen) atoms. The van der Waals surface area contributed by atoms with E-state index >= 15 is 0 Å². The van der Waals surface area contributed by atoms with Crippen LogP contribution in [0.1, 0.15) is 31.1 Å². The van der Waals surface area contributed by atoms with Gasteiger partial charge in [0.05, 0.1) is 28.0 Å². The minimum Gasteiger partial charge on any atom is -0.489 e. The molecule has 11 heteroatoms. The van der Waals surface area contributed by atoms with Crippen molar-refractivity contribution in [2.24, 2.45) is 0 Å². The highest BCUT2D eigenvalue weighted by Crippen LogP contribution is 2.26. The van der Waals surface area contributed by atoms with Gasteiger partial charge in [0.1, 0.15) is 11.9 Å². The van der Waals surface area contributed by atoms with Crippen molar-refractivity contribution in [1.29, 1.82) is 0 Å². The van der Waals surface area contributed by atoms with Gasteiger partial charge in [0.25, 0.3) is 17.3 Å². The van der Waals surface area contributed by atoms with E-state index in [1.807, 2.05) is 0 Å². The van der Waals surface area contributed by atoms with Crippen LogP contribution in [0.2, 0.25) is 0 Å². The molecule has 1 N–H and O–H groups in total. The quantitative estimate of drug-likeness (QED) is 0.546. The van der Waals surface area contributed by atoms with Crippen LogP contribution >= 0.6 is 0 Å². The molecule has 0 aromatic heterocycles. The van der Waals surface area contributed by atoms with Crippen molar-refractivity contribution in [3.8, 4) is 5.75 Å². The Labute approximate surface area is 177 Å². The van der Waals surface area contributed by atoms with Crippen molar-refractivity contribution in [3.63, 3.8) is 0 Å². The molecule has 11 nitrogen and oxygen atoms in total. The summed E-state index contributed by atoms with van der Waals surface area (Å²) in [5.74, 6) is -0.154. The molecule has 164 valence electrons. The van der Waals surface area contributed by atoms with Gasteiger partial charge in [-0.2, -0.15) is 0 Å². The number of carbonyl (C=O) groups excluding carboxylic acids is 2. The third kappa shape index (κ3) is 5.75. The fourth-order valence-electron chi connectivity index (χ4n) is 3.13. The molecule has 1 saturated heterocycles. The van der Waals surface area contributed by atoms with E-state index in [1.54, 1.807) is 24.3 Å². The van der Waals surface area contributed by atoms with Crippen molar-refractivity contribution in [1.82, 2.24) is 4.90 Å². The second-order valence-corrected chi connectivity index (χ2v) is 6.74. The molecular weight excluding hydrogens is 408 g/mol. The largest absolute Gasteiger partial charge is 0.489 e. The number of nitrogens with one attached hydrogen (secondary N) is 1. The van der Waals surface area contributed by atoms with E-state index in [-0.39, 0.29) is 31.5 Å². The SMILES string of the molecule is C.CC(=O)Nc1ccc(O[C@@H]2CCN(C(=O)c3cc([N+](=O)[O-])cc([N+](=O)[O-])c3)C2)cc1. The molecule has 0 spiro atoms. The van der Waals surface area contributed by atoms with Gasteiger partial charge in [-0.15, -0.1) is 0 Å². The summed E-state index contributed by atoms with van der Waals surface area (Å²) in [7, 11) is 0. The van der Waals surface area contributed by atoms with Crippen LogP contribution in [-0.4, -0.2) is 45.8 Å². The molecule has 1 heterocycles. The van der Waals surface area contributed by atoms with Gasteiger partial charge < -0.3 is 15.0 Å². The number of nitro groups is 2. The Morgan fingerprint density at radius 1 is 1.06 bits per heavy atom. The first-order chi connectivity index (χ1) is 14.2. The van der Waals surface area contributed by atoms with Crippen LogP contribution in [0.5, 0.6) is 5.75 Å². The summed E-state index contributed by atoms with van der Waals surface area (Å²) >= 11 is 0. The number of carbonyl (C=O) groups is 2. The maximum atomic E-state index is 12.7. The number of likely N-dealkylation sites (tertiary alicyclic amines) is 1. The van der Waals surface area contributed by atoms with Gasteiger partial charge >= 0.3 is 0 Å². The lowest BCUT2D eigenvalue weighted by Crippen LogP contribution is -2.31. The molecule has 1 aliphatic rings. The number of anilines is 1. The van der Waals surface area contributed by atoms with Crippen molar-refractivity contribution in [2.75, 3.05) is 18.4 Å². The molecular formula is C20H22N4O7. The minimum absolute atomic E-state index is 0. The number of benzene rings is 2. The lowest BCUT2D eigenvalue weighted by Gasteiger charge is -2.17. The second kappa shape index (κ2) is 9.65. The summed E-state index contributed by atoms with van der Waals surface area (Å²) in [5, 5.41) is 24.7. The first-order valence-corrected chi connectivity index (χ1v) is 9.00. The van der Waals surface area contributed by atoms with E-state index in [2.05, 4.69) is 5.32 Å². The Balaban J connectivity index is 0.00000341. The van der Waals surface area contributed by atoms with Gasteiger partial charge in [-0.25, -0.2) is 0 Å². The Morgan fingerprint density at radius 2 is 1.65 bits per heavy atom. The number of non-ortho nitro benzene ring substituents is 2. The first kappa shape index (κ1) is 23.3. The van der Waals surface area contributed by atoms with E-state index in [4.69, 9.17) is 4.74 Å². The average molecular weight is 430 g/mol. The topological polar surface area (TPSA) is 145 Å². The predicted octanol–water partition coefficient (Wildman–Crippen LogP) is 3.39. The standard InChI is InChI=1S/C19H18N4O7.CH4/c1-12(24)20-14-2-4-17(5-3-14)30-18-6-7-21(11-18)19(25)13-8-15(22(26)27)10-16(9-13)23(28)29;/h2-5,8-10,18H,6-7,11H2,1H3,(H,20,24);1H4/t18-;/m1./s1. The molecule has 1 atom stereocenters. The minimum atomic E-state index is -0.774. The summed E-state index contributed by atoms with van der Waals surface area (Å²) in [5.41, 5.74) is -0.515. The molecule has 0 saturated carbocycles. The van der Waals surface area contributed by atoms with E-state index < -0.39 is 27.1 Å². The van der Waals surface area contributed by atoms with Crippen LogP contribution in [0.25, 0.3) is 0 Å². The molecule has 3 rings (SSSR count). The summed E-state index contributed by atoms with van der Waals surface area (Å²) in [6.07, 6.45) is 0.241. The number of rotatable bonds is 6. The molecule has 0 bridgehead atoms. The van der Waals surface area contributed by atoms with Crippen molar-refractivity contribution in [2.45, 2.75) is 26.9 Å². The number of nitrogens with zero attached hydrogens (tertiary/aromatic N) is 3. The van der Waals surface area contributed by atoms with Crippen LogP contribution in [0.15, 0.2) is 42.5 Å². The lowest BCUT2D eigenvalue weighted by atomic mass is 10.1. The van der Waals surface area contributed by atoms with Crippen LogP contribution < -0.4 is 10.1 Å². The van der Waals surface area contributed by atoms with Gasteiger partial charge in [-0.05, 0) is 24.3 Å². The predicted molar refractivity (Wildman–Crippen MR) is 112 cm³/mol. The second-order valence-electron chi connectivity index (χ2n) is 6.74. The van der Waals surface area contributed by atoms with Crippen molar-refractivity contribution >= 4 is 28.9 Å². The van der Waals surface area contributed by atoms with Crippen LogP contribution in [0.3, 0.4) is 0 Å². The Kier molecular flexibility index (Phi) is 7.24. The number of hydrogen-bond donors (Lipinski definition) is 1. The average Bonchev–Trinajstić information content (AvgIpc) is 3.16. The smallest absolute Gasteiger partial charge is 0.277 e. The highest BCUT2D eigenvalue weighted by atomic mass is 16.6. The Morgan fingerprint density at radius 3 is 2.16 bits per heavy atom. The molecule has 2 aromatic rings. The lowest BCUT2D eigenvalue weighted by molar-refractivity contribution is -0.394. The maximum absolute atomic E-state index is 12.7. The highest BCUT2D eigenvalue weighted by Gasteiger charge is 2.30. The first-order valence-electron chi connectivity index (χ1n) is 9.00. The normalized spacial score (nSPS) is 15.0. The third-order valence-corrected chi connectivity index (χ3v) is 4.48. The van der Waals surface area contributed by atoms with Gasteiger partial charge in [0, 0.05) is 37.7 Å². The Bertz CT molecular complexity index is 975. The molecule has 0 unspecified atom stereocenters. The van der Waals surface area contributed by atoms with Crippen LogP contribution in [0, 0.1) is 20.2 Å². The molecule has 0 aliphatic carbocycles. The number of hydrogen-bond acceptors (Lipinski definition) is 7. The zero-order valence-corrected chi connectivity index (χ0v) is 15.9. The summed E-state index contributed by atoms with van der Waals surface area (Å²) in [6, 6.07) is 9.65. The summed E-state index contributed by atoms with van der Waals surface area (Å²) < 4.78 is 5.85. The monoisotopic (exact) mass is 430 g/mol. The van der Waals surface area contributed by atoms with E-state index in [0.29, 0.717) is 24.4 Å². The molecule has 0 radical (unpaired) electrons. The molecule has 1 aliphatic heterocycles. The highest BCUT2D eigenvalue weighted by molar-refractivity contribution is 5.95. The fraction of sp³-hybridized carbons (Fsp3) is 0.300. The number of amides is 2. The van der Waals surface area contributed by atoms with Crippen molar-refractivity contribution < 1.29 is 24.2 Å². The zero-order valence-electron chi connectivity index (χ0n) is 15.9. The van der Waals surface area contributed by atoms with Gasteiger partial charge in [0.2, 0.25) is 5.91 Å². The van der Waals surface area contributed by atoms with Crippen LogP contribution in [-0.2, 0) is 4.79 Å². The summed E-state index contributed by atoms with van der Waals surface area (Å²) in [6.45, 7) is 2.00. The van der Waals surface area contributed by atoms with Gasteiger partial charge in [-0.3, -0.25) is 29.8 Å².